The Morgan fingerprint density at radius 3 is 2.60 bits per heavy atom. The Morgan fingerprint density at radius 2 is 2.00 bits per heavy atom. The Hall–Kier alpha value is -1.20. The topological polar surface area (TPSA) is 43.8 Å². The van der Waals surface area contributed by atoms with Gasteiger partial charge in [0.2, 0.25) is 0 Å². The molecular formula is C10H9BrFN3. The molecule has 0 saturated heterocycles. The van der Waals surface area contributed by atoms with Crippen LogP contribution < -0.4 is 5.73 Å². The normalized spacial score (nSPS) is 10.6. The van der Waals surface area contributed by atoms with Crippen LogP contribution in [0.15, 0.2) is 34.9 Å². The first-order valence-corrected chi connectivity index (χ1v) is 5.20. The van der Waals surface area contributed by atoms with Gasteiger partial charge in [-0.1, -0.05) is 0 Å². The minimum absolute atomic E-state index is 0.265. The van der Waals surface area contributed by atoms with Crippen LogP contribution in [0.2, 0.25) is 0 Å². The maximum Gasteiger partial charge on any atom is 0.123 e. The molecule has 0 aliphatic heterocycles. The molecule has 2 N–H and O–H groups in total. The lowest BCUT2D eigenvalue weighted by molar-refractivity contribution is 0.626. The molecule has 0 aliphatic carbocycles. The summed E-state index contributed by atoms with van der Waals surface area (Å²) in [6, 6.07) is 6.11. The Labute approximate surface area is 94.8 Å². The molecule has 0 amide bonds. The molecule has 1 aromatic carbocycles. The van der Waals surface area contributed by atoms with E-state index in [0.29, 0.717) is 6.54 Å². The third kappa shape index (κ3) is 1.93. The number of benzene rings is 1. The quantitative estimate of drug-likeness (QED) is 0.909. The predicted molar refractivity (Wildman–Crippen MR) is 59.1 cm³/mol. The van der Waals surface area contributed by atoms with Gasteiger partial charge in [-0.2, -0.15) is 5.10 Å². The van der Waals surface area contributed by atoms with E-state index in [1.807, 2.05) is 0 Å². The highest BCUT2D eigenvalue weighted by atomic mass is 79.9. The van der Waals surface area contributed by atoms with Crippen LogP contribution in [0, 0.1) is 5.82 Å². The van der Waals surface area contributed by atoms with Crippen molar-refractivity contribution in [2.75, 3.05) is 0 Å². The first-order chi connectivity index (χ1) is 7.22. The van der Waals surface area contributed by atoms with Crippen molar-refractivity contribution in [1.29, 1.82) is 0 Å². The van der Waals surface area contributed by atoms with Crippen molar-refractivity contribution in [2.45, 2.75) is 6.54 Å². The molecule has 78 valence electrons. The van der Waals surface area contributed by atoms with E-state index in [0.717, 1.165) is 15.9 Å². The smallest absolute Gasteiger partial charge is 0.123 e. The predicted octanol–water partition coefficient (Wildman–Crippen LogP) is 2.23. The number of nitrogens with two attached hydrogens (primary N) is 1. The Bertz CT molecular complexity index is 464. The Morgan fingerprint density at radius 1 is 1.33 bits per heavy atom. The lowest BCUT2D eigenvalue weighted by atomic mass is 10.3. The van der Waals surface area contributed by atoms with Gasteiger partial charge < -0.3 is 5.73 Å². The fourth-order valence-corrected chi connectivity index (χ4v) is 1.76. The zero-order chi connectivity index (χ0) is 10.8. The van der Waals surface area contributed by atoms with Gasteiger partial charge >= 0.3 is 0 Å². The first kappa shape index (κ1) is 10.3. The summed E-state index contributed by atoms with van der Waals surface area (Å²) in [6.07, 6.45) is 1.67. The molecule has 0 unspecified atom stereocenters. The van der Waals surface area contributed by atoms with Gasteiger partial charge in [0.05, 0.1) is 22.1 Å². The SMILES string of the molecule is NCc1c(Br)cnn1-c1ccc(F)cc1. The van der Waals surface area contributed by atoms with Gasteiger partial charge in [-0.3, -0.25) is 0 Å². The van der Waals surface area contributed by atoms with Gasteiger partial charge in [0.1, 0.15) is 5.82 Å². The molecule has 3 nitrogen and oxygen atoms in total. The largest absolute Gasteiger partial charge is 0.325 e. The zero-order valence-corrected chi connectivity index (χ0v) is 9.41. The number of nitrogens with zero attached hydrogens (tertiary/aromatic N) is 2. The van der Waals surface area contributed by atoms with Gasteiger partial charge in [-0.05, 0) is 40.2 Å². The average Bonchev–Trinajstić information content (AvgIpc) is 2.61. The van der Waals surface area contributed by atoms with Crippen LogP contribution >= 0.6 is 15.9 Å². The van der Waals surface area contributed by atoms with E-state index < -0.39 is 0 Å². The highest BCUT2D eigenvalue weighted by molar-refractivity contribution is 9.10. The van der Waals surface area contributed by atoms with Crippen LogP contribution in [-0.2, 0) is 6.54 Å². The van der Waals surface area contributed by atoms with Gasteiger partial charge in [0, 0.05) is 6.54 Å². The fourth-order valence-electron chi connectivity index (χ4n) is 1.34. The van der Waals surface area contributed by atoms with Crippen LogP contribution in [0.25, 0.3) is 5.69 Å². The van der Waals surface area contributed by atoms with Crippen LogP contribution in [0.4, 0.5) is 4.39 Å². The zero-order valence-electron chi connectivity index (χ0n) is 7.82. The van der Waals surface area contributed by atoms with Crippen LogP contribution in [0.1, 0.15) is 5.69 Å². The lowest BCUT2D eigenvalue weighted by Gasteiger charge is -2.05. The summed E-state index contributed by atoms with van der Waals surface area (Å²) >= 11 is 3.35. The highest BCUT2D eigenvalue weighted by Crippen LogP contribution is 2.19. The molecular weight excluding hydrogens is 261 g/mol. The second-order valence-corrected chi connectivity index (χ2v) is 3.89. The standard InChI is InChI=1S/C10H9BrFN3/c11-9-6-14-15(10(9)5-13)8-3-1-7(12)2-4-8/h1-4,6H,5,13H2. The monoisotopic (exact) mass is 269 g/mol. The molecule has 5 heteroatoms. The number of hydrogen-bond acceptors (Lipinski definition) is 2. The number of hydrogen-bond donors (Lipinski definition) is 1. The second-order valence-electron chi connectivity index (χ2n) is 3.03. The van der Waals surface area contributed by atoms with Crippen molar-refractivity contribution in [2.24, 2.45) is 5.73 Å². The molecule has 2 aromatic rings. The van der Waals surface area contributed by atoms with Crippen molar-refractivity contribution >= 4 is 15.9 Å². The third-order valence-corrected chi connectivity index (χ3v) is 2.74. The number of aromatic nitrogens is 2. The maximum atomic E-state index is 12.7. The van der Waals surface area contributed by atoms with Crippen LogP contribution in [-0.4, -0.2) is 9.78 Å². The van der Waals surface area contributed by atoms with Crippen molar-refractivity contribution in [3.63, 3.8) is 0 Å². The van der Waals surface area contributed by atoms with E-state index in [1.165, 1.54) is 12.1 Å². The summed E-state index contributed by atoms with van der Waals surface area (Å²) in [6.45, 7) is 0.373. The van der Waals surface area contributed by atoms with E-state index in [1.54, 1.807) is 23.0 Å². The minimum atomic E-state index is -0.265. The highest BCUT2D eigenvalue weighted by Gasteiger charge is 2.08. The Kier molecular flexibility index (Phi) is 2.83. The van der Waals surface area contributed by atoms with E-state index in [2.05, 4.69) is 21.0 Å². The van der Waals surface area contributed by atoms with Crippen molar-refractivity contribution in [1.82, 2.24) is 9.78 Å². The van der Waals surface area contributed by atoms with Crippen molar-refractivity contribution < 1.29 is 4.39 Å². The Balaban J connectivity index is 2.49. The molecule has 0 atom stereocenters. The van der Waals surface area contributed by atoms with Crippen LogP contribution in [0.5, 0.6) is 0 Å². The van der Waals surface area contributed by atoms with E-state index in [9.17, 15) is 4.39 Å². The molecule has 0 fully saturated rings. The van der Waals surface area contributed by atoms with Gasteiger partial charge in [0.15, 0.2) is 0 Å². The summed E-state index contributed by atoms with van der Waals surface area (Å²) in [4.78, 5) is 0. The third-order valence-electron chi connectivity index (χ3n) is 2.08. The molecule has 0 spiro atoms. The lowest BCUT2D eigenvalue weighted by Crippen LogP contribution is -2.07. The molecule has 0 bridgehead atoms. The number of rotatable bonds is 2. The summed E-state index contributed by atoms with van der Waals surface area (Å²) < 4.78 is 15.3. The minimum Gasteiger partial charge on any atom is -0.325 e. The van der Waals surface area contributed by atoms with Gasteiger partial charge in [0.25, 0.3) is 0 Å². The van der Waals surface area contributed by atoms with Crippen LogP contribution in [0.3, 0.4) is 0 Å². The van der Waals surface area contributed by atoms with Crippen molar-refractivity contribution in [3.05, 3.63) is 46.4 Å². The molecule has 0 saturated carbocycles. The first-order valence-electron chi connectivity index (χ1n) is 4.41. The summed E-state index contributed by atoms with van der Waals surface area (Å²) in [5.41, 5.74) is 7.25. The molecule has 1 aromatic heterocycles. The van der Waals surface area contributed by atoms with E-state index in [4.69, 9.17) is 5.73 Å². The van der Waals surface area contributed by atoms with E-state index in [-0.39, 0.29) is 5.82 Å². The molecule has 15 heavy (non-hydrogen) atoms. The average molecular weight is 270 g/mol. The number of halogens is 2. The summed E-state index contributed by atoms with van der Waals surface area (Å²) in [5, 5.41) is 4.15. The summed E-state index contributed by atoms with van der Waals surface area (Å²) in [7, 11) is 0. The summed E-state index contributed by atoms with van der Waals surface area (Å²) in [5.74, 6) is -0.265. The van der Waals surface area contributed by atoms with Gasteiger partial charge in [-0.15, -0.1) is 0 Å². The molecule has 1 heterocycles. The maximum absolute atomic E-state index is 12.7. The molecule has 0 aliphatic rings. The van der Waals surface area contributed by atoms with Gasteiger partial charge in [-0.25, -0.2) is 9.07 Å². The second kappa shape index (κ2) is 4.12. The molecule has 2 rings (SSSR count). The molecule has 0 radical (unpaired) electrons. The van der Waals surface area contributed by atoms with E-state index >= 15 is 0 Å². The van der Waals surface area contributed by atoms with Crippen molar-refractivity contribution in [3.8, 4) is 5.69 Å². The fraction of sp³-hybridized carbons (Fsp3) is 0.100.